The first-order valence-corrected chi connectivity index (χ1v) is 8.28. The Bertz CT molecular complexity index is 1040. The van der Waals surface area contributed by atoms with Crippen molar-refractivity contribution in [2.75, 3.05) is 0 Å². The molecule has 9 heteroatoms. The van der Waals surface area contributed by atoms with Crippen LogP contribution in [0, 0.1) is 0 Å². The second-order valence-electron chi connectivity index (χ2n) is 5.50. The molecule has 0 fully saturated rings. The Morgan fingerprint density at radius 3 is 2.59 bits per heavy atom. The van der Waals surface area contributed by atoms with E-state index < -0.39 is 5.97 Å². The van der Waals surface area contributed by atoms with Gasteiger partial charge >= 0.3 is 5.97 Å². The summed E-state index contributed by atoms with van der Waals surface area (Å²) in [5, 5.41) is 11.5. The maximum Gasteiger partial charge on any atom is 0.338 e. The number of hydrogen-bond acceptors (Lipinski definition) is 7. The number of hydrogen-bond donors (Lipinski definition) is 0. The first-order chi connectivity index (χ1) is 13.2. The van der Waals surface area contributed by atoms with Crippen LogP contribution in [0.15, 0.2) is 65.5 Å². The summed E-state index contributed by atoms with van der Waals surface area (Å²) in [4.78, 5) is 16.3. The van der Waals surface area contributed by atoms with E-state index in [0.717, 1.165) is 11.3 Å². The Labute approximate surface area is 158 Å². The van der Waals surface area contributed by atoms with Gasteiger partial charge < -0.3 is 9.15 Å². The van der Waals surface area contributed by atoms with Gasteiger partial charge in [-0.2, -0.15) is 0 Å². The maximum atomic E-state index is 12.2. The molecule has 0 N–H and O–H groups in total. The van der Waals surface area contributed by atoms with Gasteiger partial charge in [-0.25, -0.2) is 14.5 Å². The van der Waals surface area contributed by atoms with Crippen molar-refractivity contribution in [3.05, 3.63) is 77.5 Å². The number of tetrazole rings is 1. The van der Waals surface area contributed by atoms with Gasteiger partial charge in [-0.1, -0.05) is 11.6 Å². The second-order valence-corrected chi connectivity index (χ2v) is 5.94. The summed E-state index contributed by atoms with van der Waals surface area (Å²) in [6.45, 7) is -0.0683. The number of nitrogens with zero attached hydrogens (tertiary/aromatic N) is 5. The Hall–Kier alpha value is -3.52. The third-order valence-electron chi connectivity index (χ3n) is 3.73. The van der Waals surface area contributed by atoms with Crippen molar-refractivity contribution < 1.29 is 13.9 Å². The molecule has 4 aromatic rings. The first kappa shape index (κ1) is 16.9. The monoisotopic (exact) mass is 381 g/mol. The summed E-state index contributed by atoms with van der Waals surface area (Å²) >= 11 is 5.87. The molecular formula is C18H12ClN5O3. The summed E-state index contributed by atoms with van der Waals surface area (Å²) < 4.78 is 12.3. The highest BCUT2D eigenvalue weighted by atomic mass is 35.5. The van der Waals surface area contributed by atoms with Crippen LogP contribution in [0.5, 0.6) is 0 Å². The number of benzene rings is 2. The number of halogens is 1. The summed E-state index contributed by atoms with van der Waals surface area (Å²) in [5.41, 5.74) is 1.97. The van der Waals surface area contributed by atoms with E-state index in [-0.39, 0.29) is 6.61 Å². The fourth-order valence-electron chi connectivity index (χ4n) is 2.37. The molecule has 0 saturated heterocycles. The second kappa shape index (κ2) is 7.38. The van der Waals surface area contributed by atoms with E-state index in [1.54, 1.807) is 42.6 Å². The Morgan fingerprint density at radius 1 is 1.11 bits per heavy atom. The van der Waals surface area contributed by atoms with Gasteiger partial charge in [-0.3, -0.25) is 0 Å². The molecular weight excluding hydrogens is 370 g/mol. The number of carbonyl (C=O) groups is 1. The number of oxazole rings is 1. The molecule has 8 nitrogen and oxygen atoms in total. The van der Waals surface area contributed by atoms with E-state index in [1.807, 2.05) is 12.1 Å². The predicted molar refractivity (Wildman–Crippen MR) is 95.2 cm³/mol. The molecule has 0 unspecified atom stereocenters. The van der Waals surface area contributed by atoms with Crippen LogP contribution in [0.4, 0.5) is 0 Å². The summed E-state index contributed by atoms with van der Waals surface area (Å²) in [5.74, 6) is 0.395. The van der Waals surface area contributed by atoms with Crippen molar-refractivity contribution in [1.82, 2.24) is 25.2 Å². The van der Waals surface area contributed by atoms with E-state index in [9.17, 15) is 4.79 Å². The smallest absolute Gasteiger partial charge is 0.338 e. The SMILES string of the molecule is O=C(OCc1ncc(-c2ccc(Cl)cc2)o1)c1ccc(-n2cnnn2)cc1. The fourth-order valence-corrected chi connectivity index (χ4v) is 2.49. The number of carbonyl (C=O) groups excluding carboxylic acids is 1. The topological polar surface area (TPSA) is 95.9 Å². The third kappa shape index (κ3) is 3.85. The van der Waals surface area contributed by atoms with E-state index >= 15 is 0 Å². The molecule has 27 heavy (non-hydrogen) atoms. The van der Waals surface area contributed by atoms with Crippen LogP contribution in [0.1, 0.15) is 16.2 Å². The van der Waals surface area contributed by atoms with Gasteiger partial charge in [0.05, 0.1) is 17.4 Å². The van der Waals surface area contributed by atoms with Crippen LogP contribution < -0.4 is 0 Å². The number of ether oxygens (including phenoxy) is 1. The van der Waals surface area contributed by atoms with Gasteiger partial charge in [-0.15, -0.1) is 5.10 Å². The largest absolute Gasteiger partial charge is 0.452 e. The molecule has 0 saturated carbocycles. The van der Waals surface area contributed by atoms with E-state index in [4.69, 9.17) is 20.8 Å². The van der Waals surface area contributed by atoms with Gasteiger partial charge in [0.15, 0.2) is 12.4 Å². The molecule has 0 radical (unpaired) electrons. The quantitative estimate of drug-likeness (QED) is 0.489. The van der Waals surface area contributed by atoms with E-state index in [2.05, 4.69) is 20.5 Å². The standard InChI is InChI=1S/C18H12ClN5O3/c19-14-5-1-12(2-6-14)16-9-20-17(27-16)10-26-18(25)13-3-7-15(8-4-13)24-11-21-22-23-24/h1-9,11H,10H2. The van der Waals surface area contributed by atoms with Gasteiger partial charge in [0.25, 0.3) is 0 Å². The van der Waals surface area contributed by atoms with Gasteiger partial charge in [0.1, 0.15) is 6.33 Å². The van der Waals surface area contributed by atoms with Crippen LogP contribution in [0.3, 0.4) is 0 Å². The van der Waals surface area contributed by atoms with Crippen LogP contribution in [-0.4, -0.2) is 31.2 Å². The molecule has 2 aromatic heterocycles. The van der Waals surface area contributed by atoms with Gasteiger partial charge in [0.2, 0.25) is 5.89 Å². The number of aromatic nitrogens is 5. The average molecular weight is 382 g/mol. The van der Waals surface area contributed by atoms with E-state index in [0.29, 0.717) is 22.2 Å². The predicted octanol–water partition coefficient (Wildman–Crippen LogP) is 3.33. The molecule has 0 amide bonds. The Kier molecular flexibility index (Phi) is 4.63. The number of rotatable bonds is 5. The normalized spacial score (nSPS) is 10.7. The molecule has 0 bridgehead atoms. The number of esters is 1. The summed E-state index contributed by atoms with van der Waals surface area (Å²) in [7, 11) is 0. The molecule has 0 aliphatic carbocycles. The van der Waals surface area contributed by atoms with Crippen molar-refractivity contribution >= 4 is 17.6 Å². The van der Waals surface area contributed by atoms with Crippen molar-refractivity contribution in [3.8, 4) is 17.0 Å². The molecule has 0 spiro atoms. The lowest BCUT2D eigenvalue weighted by Crippen LogP contribution is -2.06. The first-order valence-electron chi connectivity index (χ1n) is 7.90. The zero-order valence-electron chi connectivity index (χ0n) is 13.8. The minimum atomic E-state index is -0.482. The highest BCUT2D eigenvalue weighted by Crippen LogP contribution is 2.22. The maximum absolute atomic E-state index is 12.2. The lowest BCUT2D eigenvalue weighted by Gasteiger charge is -2.04. The van der Waals surface area contributed by atoms with Gasteiger partial charge in [0, 0.05) is 10.6 Å². The van der Waals surface area contributed by atoms with E-state index in [1.165, 1.54) is 11.0 Å². The molecule has 2 heterocycles. The van der Waals surface area contributed by atoms with Crippen molar-refractivity contribution in [3.63, 3.8) is 0 Å². The lowest BCUT2D eigenvalue weighted by molar-refractivity contribution is 0.0439. The molecule has 0 atom stereocenters. The molecule has 134 valence electrons. The zero-order valence-corrected chi connectivity index (χ0v) is 14.6. The molecule has 4 rings (SSSR count). The van der Waals surface area contributed by atoms with Crippen LogP contribution >= 0.6 is 11.6 Å². The van der Waals surface area contributed by atoms with Crippen LogP contribution in [0.25, 0.3) is 17.0 Å². The van der Waals surface area contributed by atoms with Crippen LogP contribution in [-0.2, 0) is 11.3 Å². The third-order valence-corrected chi connectivity index (χ3v) is 3.98. The minimum Gasteiger partial charge on any atom is -0.452 e. The Morgan fingerprint density at radius 2 is 1.89 bits per heavy atom. The van der Waals surface area contributed by atoms with Gasteiger partial charge in [-0.05, 0) is 59.0 Å². The highest BCUT2D eigenvalue weighted by Gasteiger charge is 2.12. The summed E-state index contributed by atoms with van der Waals surface area (Å²) in [6, 6.07) is 13.9. The molecule has 2 aromatic carbocycles. The zero-order chi connectivity index (χ0) is 18.6. The molecule has 0 aliphatic rings. The van der Waals surface area contributed by atoms with Crippen LogP contribution in [0.2, 0.25) is 5.02 Å². The van der Waals surface area contributed by atoms with Crippen molar-refractivity contribution in [2.45, 2.75) is 6.61 Å². The average Bonchev–Trinajstić information content (AvgIpc) is 3.39. The Balaban J connectivity index is 1.38. The summed E-state index contributed by atoms with van der Waals surface area (Å²) in [6.07, 6.45) is 3.04. The highest BCUT2D eigenvalue weighted by molar-refractivity contribution is 6.30. The van der Waals surface area contributed by atoms with Crippen molar-refractivity contribution in [1.29, 1.82) is 0 Å². The fraction of sp³-hybridized carbons (Fsp3) is 0.0556. The van der Waals surface area contributed by atoms with Crippen molar-refractivity contribution in [2.24, 2.45) is 0 Å². The minimum absolute atomic E-state index is 0.0683. The molecule has 0 aliphatic heterocycles. The lowest BCUT2D eigenvalue weighted by atomic mass is 10.2.